The normalized spacial score (nSPS) is 12.5. The number of ether oxygens (including phenoxy) is 1. The number of methoxy groups -OCH3 is 1. The standard InChI is InChI=1S/C12H14BrFO2/c1-8(5-6-16-2)12(15)9-3-4-10(13)11(14)7-9/h3-4,7-8H,5-6H2,1-2H3. The zero-order valence-corrected chi connectivity index (χ0v) is 10.9. The molecule has 0 spiro atoms. The third-order valence-electron chi connectivity index (χ3n) is 2.41. The Morgan fingerprint density at radius 1 is 1.56 bits per heavy atom. The lowest BCUT2D eigenvalue weighted by atomic mass is 9.97. The van der Waals surface area contributed by atoms with Crippen LogP contribution in [0, 0.1) is 11.7 Å². The van der Waals surface area contributed by atoms with Crippen molar-refractivity contribution in [3.8, 4) is 0 Å². The Morgan fingerprint density at radius 3 is 2.81 bits per heavy atom. The third kappa shape index (κ3) is 3.39. The number of carbonyl (C=O) groups excluding carboxylic acids is 1. The van der Waals surface area contributed by atoms with Crippen LogP contribution in [-0.4, -0.2) is 19.5 Å². The Balaban J connectivity index is 2.76. The monoisotopic (exact) mass is 288 g/mol. The molecule has 0 saturated heterocycles. The molecule has 0 N–H and O–H groups in total. The molecule has 0 heterocycles. The summed E-state index contributed by atoms with van der Waals surface area (Å²) in [4.78, 5) is 11.9. The van der Waals surface area contributed by atoms with Gasteiger partial charge in [-0.2, -0.15) is 0 Å². The fraction of sp³-hybridized carbons (Fsp3) is 0.417. The minimum Gasteiger partial charge on any atom is -0.385 e. The summed E-state index contributed by atoms with van der Waals surface area (Å²) in [5.74, 6) is -0.617. The van der Waals surface area contributed by atoms with E-state index in [9.17, 15) is 9.18 Å². The molecule has 1 aromatic rings. The van der Waals surface area contributed by atoms with Gasteiger partial charge >= 0.3 is 0 Å². The molecule has 4 heteroatoms. The van der Waals surface area contributed by atoms with E-state index in [0.717, 1.165) is 0 Å². The maximum absolute atomic E-state index is 13.2. The molecule has 88 valence electrons. The van der Waals surface area contributed by atoms with Crippen LogP contribution in [0.1, 0.15) is 23.7 Å². The van der Waals surface area contributed by atoms with Gasteiger partial charge in [0.2, 0.25) is 0 Å². The van der Waals surface area contributed by atoms with Gasteiger partial charge in [0, 0.05) is 25.2 Å². The minimum atomic E-state index is -0.412. The number of carbonyl (C=O) groups is 1. The second kappa shape index (κ2) is 6.11. The Labute approximate surface area is 103 Å². The zero-order valence-electron chi connectivity index (χ0n) is 9.30. The van der Waals surface area contributed by atoms with Crippen LogP contribution in [-0.2, 0) is 4.74 Å². The second-order valence-corrected chi connectivity index (χ2v) is 4.53. The average molecular weight is 289 g/mol. The summed E-state index contributed by atoms with van der Waals surface area (Å²) >= 11 is 3.05. The summed E-state index contributed by atoms with van der Waals surface area (Å²) in [6, 6.07) is 4.43. The molecule has 1 aromatic carbocycles. The number of hydrogen-bond acceptors (Lipinski definition) is 2. The largest absolute Gasteiger partial charge is 0.385 e. The van der Waals surface area contributed by atoms with Crippen LogP contribution in [0.5, 0.6) is 0 Å². The van der Waals surface area contributed by atoms with E-state index in [1.807, 2.05) is 6.92 Å². The van der Waals surface area contributed by atoms with E-state index in [1.165, 1.54) is 6.07 Å². The van der Waals surface area contributed by atoms with Crippen molar-refractivity contribution in [3.05, 3.63) is 34.1 Å². The molecule has 0 aliphatic rings. The zero-order chi connectivity index (χ0) is 12.1. The van der Waals surface area contributed by atoms with E-state index in [-0.39, 0.29) is 11.7 Å². The third-order valence-corrected chi connectivity index (χ3v) is 3.05. The van der Waals surface area contributed by atoms with Crippen LogP contribution in [0.25, 0.3) is 0 Å². The van der Waals surface area contributed by atoms with Crippen molar-refractivity contribution < 1.29 is 13.9 Å². The smallest absolute Gasteiger partial charge is 0.165 e. The molecule has 0 amide bonds. The van der Waals surface area contributed by atoms with E-state index in [2.05, 4.69) is 15.9 Å². The highest BCUT2D eigenvalue weighted by Crippen LogP contribution is 2.19. The van der Waals surface area contributed by atoms with Crippen molar-refractivity contribution in [1.29, 1.82) is 0 Å². The van der Waals surface area contributed by atoms with Crippen molar-refractivity contribution >= 4 is 21.7 Å². The van der Waals surface area contributed by atoms with Crippen molar-refractivity contribution in [2.45, 2.75) is 13.3 Å². The summed E-state index contributed by atoms with van der Waals surface area (Å²) < 4.78 is 18.5. The SMILES string of the molecule is COCCC(C)C(=O)c1ccc(Br)c(F)c1. The molecule has 0 aliphatic carbocycles. The predicted molar refractivity (Wildman–Crippen MR) is 64.1 cm³/mol. The fourth-order valence-corrected chi connectivity index (χ4v) is 1.61. The van der Waals surface area contributed by atoms with Gasteiger partial charge < -0.3 is 4.74 Å². The molecule has 0 saturated carbocycles. The Bertz CT molecular complexity index is 379. The summed E-state index contributed by atoms with van der Waals surface area (Å²) in [5, 5.41) is 0. The first-order chi connectivity index (χ1) is 7.56. The number of ketones is 1. The number of benzene rings is 1. The fourth-order valence-electron chi connectivity index (χ4n) is 1.36. The number of rotatable bonds is 5. The van der Waals surface area contributed by atoms with Gasteiger partial charge in [0.1, 0.15) is 5.82 Å². The lowest BCUT2D eigenvalue weighted by Crippen LogP contribution is -2.13. The maximum atomic E-state index is 13.2. The van der Waals surface area contributed by atoms with Crippen LogP contribution >= 0.6 is 15.9 Å². The first-order valence-electron chi connectivity index (χ1n) is 5.04. The highest BCUT2D eigenvalue weighted by molar-refractivity contribution is 9.10. The van der Waals surface area contributed by atoms with Crippen LogP contribution in [0.4, 0.5) is 4.39 Å². The van der Waals surface area contributed by atoms with Crippen LogP contribution in [0.3, 0.4) is 0 Å². The summed E-state index contributed by atoms with van der Waals surface area (Å²) in [6.07, 6.45) is 0.646. The van der Waals surface area contributed by atoms with Crippen LogP contribution < -0.4 is 0 Å². The van der Waals surface area contributed by atoms with Gasteiger partial charge in [-0.05, 0) is 34.5 Å². The van der Waals surface area contributed by atoms with E-state index < -0.39 is 5.82 Å². The van der Waals surface area contributed by atoms with Crippen LogP contribution in [0.15, 0.2) is 22.7 Å². The molecular formula is C12H14BrFO2. The van der Waals surface area contributed by atoms with E-state index >= 15 is 0 Å². The molecule has 0 aliphatic heterocycles. The lowest BCUT2D eigenvalue weighted by Gasteiger charge is -2.09. The predicted octanol–water partition coefficient (Wildman–Crippen LogP) is 3.44. The van der Waals surface area contributed by atoms with Crippen molar-refractivity contribution in [3.63, 3.8) is 0 Å². The van der Waals surface area contributed by atoms with E-state index in [0.29, 0.717) is 23.1 Å². The van der Waals surface area contributed by atoms with E-state index in [4.69, 9.17) is 4.74 Å². The van der Waals surface area contributed by atoms with Gasteiger partial charge in [-0.15, -0.1) is 0 Å². The van der Waals surface area contributed by atoms with Gasteiger partial charge in [-0.25, -0.2) is 4.39 Å². The molecule has 0 aromatic heterocycles. The number of Topliss-reactive ketones (excluding diaryl/α,β-unsaturated/α-hetero) is 1. The lowest BCUT2D eigenvalue weighted by molar-refractivity contribution is 0.0893. The second-order valence-electron chi connectivity index (χ2n) is 3.68. The minimum absolute atomic E-state index is 0.0524. The summed E-state index contributed by atoms with van der Waals surface area (Å²) in [6.45, 7) is 2.35. The summed E-state index contributed by atoms with van der Waals surface area (Å²) in [5.41, 5.74) is 0.407. The molecular weight excluding hydrogens is 275 g/mol. The highest BCUT2D eigenvalue weighted by Gasteiger charge is 2.16. The average Bonchev–Trinajstić information content (AvgIpc) is 2.28. The van der Waals surface area contributed by atoms with Gasteiger partial charge in [-0.3, -0.25) is 4.79 Å². The molecule has 0 radical (unpaired) electrons. The highest BCUT2D eigenvalue weighted by atomic mass is 79.9. The Kier molecular flexibility index (Phi) is 5.09. The van der Waals surface area contributed by atoms with Gasteiger partial charge in [0.25, 0.3) is 0 Å². The molecule has 16 heavy (non-hydrogen) atoms. The quantitative estimate of drug-likeness (QED) is 0.776. The number of halogens is 2. The van der Waals surface area contributed by atoms with Gasteiger partial charge in [0.15, 0.2) is 5.78 Å². The summed E-state index contributed by atoms with van der Waals surface area (Å²) in [7, 11) is 1.59. The Hall–Kier alpha value is -0.740. The number of hydrogen-bond donors (Lipinski definition) is 0. The van der Waals surface area contributed by atoms with Crippen LogP contribution in [0.2, 0.25) is 0 Å². The Morgan fingerprint density at radius 2 is 2.25 bits per heavy atom. The van der Waals surface area contributed by atoms with Gasteiger partial charge in [0.05, 0.1) is 4.47 Å². The topological polar surface area (TPSA) is 26.3 Å². The first kappa shape index (κ1) is 13.3. The molecule has 0 bridgehead atoms. The van der Waals surface area contributed by atoms with Crippen molar-refractivity contribution in [1.82, 2.24) is 0 Å². The van der Waals surface area contributed by atoms with Crippen molar-refractivity contribution in [2.24, 2.45) is 5.92 Å². The molecule has 1 unspecified atom stereocenters. The first-order valence-corrected chi connectivity index (χ1v) is 5.83. The van der Waals surface area contributed by atoms with E-state index in [1.54, 1.807) is 19.2 Å². The molecule has 0 fully saturated rings. The molecule has 1 atom stereocenters. The van der Waals surface area contributed by atoms with Crippen molar-refractivity contribution in [2.75, 3.05) is 13.7 Å². The molecule has 2 nitrogen and oxygen atoms in total. The van der Waals surface area contributed by atoms with Gasteiger partial charge in [-0.1, -0.05) is 13.0 Å². The maximum Gasteiger partial charge on any atom is 0.165 e. The molecule has 1 rings (SSSR count).